The second-order valence-electron chi connectivity index (χ2n) is 8.51. The molecule has 1 aromatic rings. The lowest BCUT2D eigenvalue weighted by atomic mass is 10.0. The van der Waals surface area contributed by atoms with Crippen LogP contribution in [0.2, 0.25) is 0 Å². The van der Waals surface area contributed by atoms with Gasteiger partial charge in [-0.1, -0.05) is 91.0 Å². The molecule has 0 aliphatic heterocycles. The first-order chi connectivity index (χ1) is 15.1. The second kappa shape index (κ2) is 17.8. The highest BCUT2D eigenvalue weighted by Gasteiger charge is 2.15. The van der Waals surface area contributed by atoms with Crippen LogP contribution in [0.25, 0.3) is 0 Å². The smallest absolute Gasteiger partial charge is 0.311 e. The van der Waals surface area contributed by atoms with Gasteiger partial charge in [0.25, 0.3) is 0 Å². The maximum absolute atomic E-state index is 12.3. The molecule has 1 rings (SSSR count). The molecule has 0 aromatic heterocycles. The Morgan fingerprint density at radius 2 is 1.10 bits per heavy atom. The van der Waals surface area contributed by atoms with Gasteiger partial charge in [-0.3, -0.25) is 9.59 Å². The van der Waals surface area contributed by atoms with Gasteiger partial charge >= 0.3 is 11.9 Å². The molecule has 0 N–H and O–H groups in total. The molecule has 0 fully saturated rings. The summed E-state index contributed by atoms with van der Waals surface area (Å²) in [6.45, 7) is 6.44. The average Bonchev–Trinajstić information content (AvgIpc) is 2.75. The quantitative estimate of drug-likeness (QED) is 0.134. The van der Waals surface area contributed by atoms with Crippen LogP contribution in [0.4, 0.5) is 0 Å². The van der Waals surface area contributed by atoms with Crippen molar-refractivity contribution in [1.29, 1.82) is 0 Å². The van der Waals surface area contributed by atoms with Crippen LogP contribution in [-0.4, -0.2) is 11.9 Å². The lowest BCUT2D eigenvalue weighted by Crippen LogP contribution is -2.12. The van der Waals surface area contributed by atoms with Crippen molar-refractivity contribution >= 4 is 11.9 Å². The van der Waals surface area contributed by atoms with Gasteiger partial charge in [-0.2, -0.15) is 0 Å². The third-order valence-corrected chi connectivity index (χ3v) is 5.49. The van der Waals surface area contributed by atoms with Gasteiger partial charge in [0, 0.05) is 12.8 Å². The SMILES string of the molecule is CCCCCCCCCc1ccc(OC(=O)CCCCC)c(OC(=O)CCCCC)c1. The van der Waals surface area contributed by atoms with E-state index in [1.807, 2.05) is 12.1 Å². The van der Waals surface area contributed by atoms with Crippen molar-refractivity contribution in [2.75, 3.05) is 0 Å². The standard InChI is InChI=1S/C27H44O4/c1-4-7-10-11-12-13-16-17-23-20-21-24(30-26(28)18-14-8-5-2)25(22-23)31-27(29)19-15-9-6-3/h20-22H,4-19H2,1-3H3. The van der Waals surface area contributed by atoms with Crippen LogP contribution in [0.3, 0.4) is 0 Å². The van der Waals surface area contributed by atoms with Gasteiger partial charge in [-0.05, 0) is 43.4 Å². The summed E-state index contributed by atoms with van der Waals surface area (Å²) in [7, 11) is 0. The summed E-state index contributed by atoms with van der Waals surface area (Å²) in [6, 6.07) is 5.65. The summed E-state index contributed by atoms with van der Waals surface area (Å²) in [6.07, 6.45) is 16.3. The fraction of sp³-hybridized carbons (Fsp3) is 0.704. The van der Waals surface area contributed by atoms with Gasteiger partial charge in [0.05, 0.1) is 0 Å². The Hall–Kier alpha value is -1.84. The molecular weight excluding hydrogens is 388 g/mol. The van der Waals surface area contributed by atoms with E-state index in [9.17, 15) is 9.59 Å². The molecule has 0 saturated carbocycles. The molecule has 176 valence electrons. The van der Waals surface area contributed by atoms with Crippen molar-refractivity contribution in [3.8, 4) is 11.5 Å². The van der Waals surface area contributed by atoms with E-state index in [0.29, 0.717) is 24.3 Å². The zero-order valence-corrected chi connectivity index (χ0v) is 20.2. The molecule has 31 heavy (non-hydrogen) atoms. The molecule has 0 saturated heterocycles. The number of ether oxygens (including phenoxy) is 2. The Balaban J connectivity index is 2.67. The molecule has 0 atom stereocenters. The number of carbonyl (C=O) groups excluding carboxylic acids is 2. The van der Waals surface area contributed by atoms with E-state index in [-0.39, 0.29) is 11.9 Å². The largest absolute Gasteiger partial charge is 0.423 e. The van der Waals surface area contributed by atoms with Crippen LogP contribution >= 0.6 is 0 Å². The molecular formula is C27H44O4. The molecule has 0 amide bonds. The molecule has 0 aliphatic rings. The van der Waals surface area contributed by atoms with E-state index in [1.54, 1.807) is 6.07 Å². The Morgan fingerprint density at radius 3 is 1.68 bits per heavy atom. The fourth-order valence-corrected chi connectivity index (χ4v) is 3.54. The van der Waals surface area contributed by atoms with Gasteiger partial charge in [0.2, 0.25) is 0 Å². The van der Waals surface area contributed by atoms with E-state index in [0.717, 1.165) is 56.9 Å². The minimum absolute atomic E-state index is 0.259. The summed E-state index contributed by atoms with van der Waals surface area (Å²) < 4.78 is 11.2. The van der Waals surface area contributed by atoms with E-state index in [1.165, 1.54) is 38.5 Å². The zero-order valence-electron chi connectivity index (χ0n) is 20.2. The minimum Gasteiger partial charge on any atom is -0.423 e. The number of esters is 2. The van der Waals surface area contributed by atoms with E-state index in [4.69, 9.17) is 9.47 Å². The first kappa shape index (κ1) is 27.2. The third-order valence-electron chi connectivity index (χ3n) is 5.49. The highest BCUT2D eigenvalue weighted by molar-refractivity contribution is 5.76. The van der Waals surface area contributed by atoms with Crippen LogP contribution in [0.5, 0.6) is 11.5 Å². The highest BCUT2D eigenvalue weighted by atomic mass is 16.6. The first-order valence-electron chi connectivity index (χ1n) is 12.6. The molecule has 0 radical (unpaired) electrons. The van der Waals surface area contributed by atoms with Crippen molar-refractivity contribution < 1.29 is 19.1 Å². The molecule has 0 bridgehead atoms. The number of hydrogen-bond acceptors (Lipinski definition) is 4. The Labute approximate surface area is 190 Å². The van der Waals surface area contributed by atoms with Crippen LogP contribution in [-0.2, 0) is 16.0 Å². The van der Waals surface area contributed by atoms with Crippen molar-refractivity contribution in [3.05, 3.63) is 23.8 Å². The van der Waals surface area contributed by atoms with Gasteiger partial charge < -0.3 is 9.47 Å². The number of unbranched alkanes of at least 4 members (excludes halogenated alkanes) is 10. The van der Waals surface area contributed by atoms with Gasteiger partial charge in [-0.15, -0.1) is 0 Å². The third kappa shape index (κ3) is 13.2. The van der Waals surface area contributed by atoms with Crippen LogP contribution < -0.4 is 9.47 Å². The van der Waals surface area contributed by atoms with Crippen molar-refractivity contribution in [2.45, 2.75) is 124 Å². The van der Waals surface area contributed by atoms with E-state index in [2.05, 4.69) is 20.8 Å². The molecule has 4 nitrogen and oxygen atoms in total. The van der Waals surface area contributed by atoms with Crippen LogP contribution in [0.15, 0.2) is 18.2 Å². The van der Waals surface area contributed by atoms with Crippen molar-refractivity contribution in [1.82, 2.24) is 0 Å². The summed E-state index contributed by atoms with van der Waals surface area (Å²) >= 11 is 0. The van der Waals surface area contributed by atoms with E-state index >= 15 is 0 Å². The highest BCUT2D eigenvalue weighted by Crippen LogP contribution is 2.30. The zero-order chi connectivity index (χ0) is 22.7. The number of benzene rings is 1. The van der Waals surface area contributed by atoms with Crippen molar-refractivity contribution in [2.24, 2.45) is 0 Å². The Bertz CT molecular complexity index is 624. The first-order valence-corrected chi connectivity index (χ1v) is 12.6. The molecule has 0 spiro atoms. The van der Waals surface area contributed by atoms with Crippen LogP contribution in [0.1, 0.15) is 123 Å². The summed E-state index contributed by atoms with van der Waals surface area (Å²) in [4.78, 5) is 24.4. The Kier molecular flexibility index (Phi) is 15.6. The predicted octanol–water partition coefficient (Wildman–Crippen LogP) is 7.95. The fourth-order valence-electron chi connectivity index (χ4n) is 3.54. The minimum atomic E-state index is -0.267. The summed E-state index contributed by atoms with van der Waals surface area (Å²) in [5.74, 6) is 0.209. The number of hydrogen-bond donors (Lipinski definition) is 0. The molecule has 0 aliphatic carbocycles. The van der Waals surface area contributed by atoms with Gasteiger partial charge in [0.1, 0.15) is 0 Å². The number of aryl methyl sites for hydroxylation is 1. The monoisotopic (exact) mass is 432 g/mol. The summed E-state index contributed by atoms with van der Waals surface area (Å²) in [5, 5.41) is 0. The number of rotatable bonds is 18. The normalized spacial score (nSPS) is 10.8. The molecule has 0 heterocycles. The van der Waals surface area contributed by atoms with Gasteiger partial charge in [-0.25, -0.2) is 0 Å². The maximum atomic E-state index is 12.3. The lowest BCUT2D eigenvalue weighted by Gasteiger charge is -2.12. The lowest BCUT2D eigenvalue weighted by molar-refractivity contribution is -0.137. The van der Waals surface area contributed by atoms with Gasteiger partial charge in [0.15, 0.2) is 11.5 Å². The van der Waals surface area contributed by atoms with E-state index < -0.39 is 0 Å². The van der Waals surface area contributed by atoms with Crippen molar-refractivity contribution in [3.63, 3.8) is 0 Å². The summed E-state index contributed by atoms with van der Waals surface area (Å²) in [5.41, 5.74) is 1.12. The molecule has 1 aromatic carbocycles. The predicted molar refractivity (Wildman–Crippen MR) is 128 cm³/mol. The van der Waals surface area contributed by atoms with Crippen LogP contribution in [0, 0.1) is 0 Å². The second-order valence-corrected chi connectivity index (χ2v) is 8.51. The Morgan fingerprint density at radius 1 is 0.613 bits per heavy atom. The molecule has 4 heteroatoms. The number of carbonyl (C=O) groups is 2. The molecule has 0 unspecified atom stereocenters. The topological polar surface area (TPSA) is 52.6 Å². The maximum Gasteiger partial charge on any atom is 0.311 e. The average molecular weight is 433 g/mol.